The van der Waals surface area contributed by atoms with Crippen LogP contribution >= 0.6 is 0 Å². The lowest BCUT2D eigenvalue weighted by molar-refractivity contribution is 1.17. The van der Waals surface area contributed by atoms with Gasteiger partial charge in [-0.25, -0.2) is 4.99 Å². The van der Waals surface area contributed by atoms with Gasteiger partial charge in [-0.05, 0) is 61.6 Å². The summed E-state index contributed by atoms with van der Waals surface area (Å²) >= 11 is 0. The minimum Gasteiger partial charge on any atom is -0.402 e. The van der Waals surface area contributed by atoms with E-state index in [1.54, 1.807) is 6.08 Å². The van der Waals surface area contributed by atoms with Crippen LogP contribution in [0.4, 0.5) is 0 Å². The van der Waals surface area contributed by atoms with E-state index >= 15 is 0 Å². The molecule has 0 amide bonds. The maximum atomic E-state index is 5.91. The fourth-order valence-corrected chi connectivity index (χ4v) is 2.32. The first kappa shape index (κ1) is 19.4. The summed E-state index contributed by atoms with van der Waals surface area (Å²) in [5, 5.41) is 0. The molecule has 0 unspecified atom stereocenters. The van der Waals surface area contributed by atoms with E-state index in [4.69, 9.17) is 10.7 Å². The second-order valence-corrected chi connectivity index (χ2v) is 5.66. The largest absolute Gasteiger partial charge is 0.402 e. The summed E-state index contributed by atoms with van der Waals surface area (Å²) in [6.45, 7) is 15.9. The van der Waals surface area contributed by atoms with E-state index in [1.807, 2.05) is 38.1 Å². The number of hydrogen-bond donors (Lipinski definition) is 1. The molecular formula is C22H28N2. The molecule has 0 aromatic heterocycles. The van der Waals surface area contributed by atoms with Gasteiger partial charge in [0.2, 0.25) is 0 Å². The van der Waals surface area contributed by atoms with E-state index in [0.717, 1.165) is 23.3 Å². The molecule has 1 aromatic carbocycles. The van der Waals surface area contributed by atoms with E-state index in [-0.39, 0.29) is 0 Å². The number of hydrogen-bond acceptors (Lipinski definition) is 2. The molecule has 1 aromatic rings. The Labute approximate surface area is 146 Å². The van der Waals surface area contributed by atoms with Crippen molar-refractivity contribution in [3.63, 3.8) is 0 Å². The zero-order valence-electron chi connectivity index (χ0n) is 15.3. The first-order valence-corrected chi connectivity index (χ1v) is 8.20. The molecule has 126 valence electrons. The summed E-state index contributed by atoms with van der Waals surface area (Å²) in [6, 6.07) is 8.30. The van der Waals surface area contributed by atoms with Gasteiger partial charge in [0.1, 0.15) is 0 Å². The molecule has 1 rings (SSSR count). The van der Waals surface area contributed by atoms with Crippen LogP contribution in [0.3, 0.4) is 0 Å². The molecule has 0 saturated heterocycles. The van der Waals surface area contributed by atoms with Crippen LogP contribution < -0.4 is 5.73 Å². The van der Waals surface area contributed by atoms with Gasteiger partial charge in [0.25, 0.3) is 0 Å². The Hall–Kier alpha value is -2.61. The van der Waals surface area contributed by atoms with Crippen LogP contribution in [-0.4, -0.2) is 5.71 Å². The lowest BCUT2D eigenvalue weighted by atomic mass is 10.00. The summed E-state index contributed by atoms with van der Waals surface area (Å²) in [6.07, 6.45) is 8.63. The Morgan fingerprint density at radius 1 is 1.29 bits per heavy atom. The lowest BCUT2D eigenvalue weighted by Gasteiger charge is -2.10. The third kappa shape index (κ3) is 5.54. The van der Waals surface area contributed by atoms with Crippen LogP contribution in [0.2, 0.25) is 0 Å². The summed E-state index contributed by atoms with van der Waals surface area (Å²) in [5.41, 5.74) is 12.6. The Kier molecular flexibility index (Phi) is 7.70. The van der Waals surface area contributed by atoms with Crippen LogP contribution in [-0.2, 0) is 0 Å². The van der Waals surface area contributed by atoms with Gasteiger partial charge in [0, 0.05) is 5.70 Å². The summed E-state index contributed by atoms with van der Waals surface area (Å²) in [5.74, 6) is 0. The monoisotopic (exact) mass is 320 g/mol. The van der Waals surface area contributed by atoms with Crippen molar-refractivity contribution in [2.75, 3.05) is 0 Å². The molecule has 0 atom stereocenters. The van der Waals surface area contributed by atoms with Crippen molar-refractivity contribution in [2.24, 2.45) is 10.7 Å². The molecule has 0 heterocycles. The smallest absolute Gasteiger partial charge is 0.0685 e. The standard InChI is InChI=1S/C22H28N2/c1-7-19(8-2)18(6)24-22(14-17(5)23)20(9-3)15-21-13-11-10-12-16(21)4/h7-8,10-15H,1,6,9,23H2,2-5H3/b17-14-,19-8+,20-15+,24-22?. The molecule has 2 nitrogen and oxygen atoms in total. The van der Waals surface area contributed by atoms with Gasteiger partial charge >= 0.3 is 0 Å². The molecule has 2 heteroatoms. The number of rotatable bonds is 7. The molecule has 0 saturated carbocycles. The first-order valence-electron chi connectivity index (χ1n) is 8.20. The average molecular weight is 320 g/mol. The first-order chi connectivity index (χ1) is 11.4. The van der Waals surface area contributed by atoms with Gasteiger partial charge in [-0.2, -0.15) is 0 Å². The van der Waals surface area contributed by atoms with Gasteiger partial charge in [0.15, 0.2) is 0 Å². The Morgan fingerprint density at radius 2 is 1.96 bits per heavy atom. The fraction of sp³-hybridized carbons (Fsp3) is 0.227. The summed E-state index contributed by atoms with van der Waals surface area (Å²) in [4.78, 5) is 4.71. The van der Waals surface area contributed by atoms with Crippen LogP contribution in [0.1, 0.15) is 38.3 Å². The average Bonchev–Trinajstić information content (AvgIpc) is 2.54. The normalized spacial score (nSPS) is 13.8. The van der Waals surface area contributed by atoms with Crippen LogP contribution in [0.25, 0.3) is 6.08 Å². The van der Waals surface area contributed by atoms with E-state index in [1.165, 1.54) is 11.1 Å². The van der Waals surface area contributed by atoms with Gasteiger partial charge in [-0.3, -0.25) is 0 Å². The molecule has 0 aliphatic rings. The summed E-state index contributed by atoms with van der Waals surface area (Å²) in [7, 11) is 0. The number of aliphatic imine (C=N–C) groups is 1. The topological polar surface area (TPSA) is 38.4 Å². The van der Waals surface area contributed by atoms with Crippen molar-refractivity contribution in [3.8, 4) is 0 Å². The van der Waals surface area contributed by atoms with Crippen molar-refractivity contribution < 1.29 is 0 Å². The van der Waals surface area contributed by atoms with Crippen molar-refractivity contribution in [2.45, 2.75) is 34.1 Å². The minimum absolute atomic E-state index is 0.684. The number of aryl methyl sites for hydroxylation is 1. The highest BCUT2D eigenvalue weighted by Crippen LogP contribution is 2.19. The minimum atomic E-state index is 0.684. The molecule has 0 fully saturated rings. The third-order valence-electron chi connectivity index (χ3n) is 3.71. The van der Waals surface area contributed by atoms with E-state index < -0.39 is 0 Å². The second-order valence-electron chi connectivity index (χ2n) is 5.66. The second kappa shape index (κ2) is 9.51. The predicted molar refractivity (Wildman–Crippen MR) is 108 cm³/mol. The quantitative estimate of drug-likeness (QED) is 0.505. The maximum Gasteiger partial charge on any atom is 0.0685 e. The molecule has 0 radical (unpaired) electrons. The summed E-state index contributed by atoms with van der Waals surface area (Å²) < 4.78 is 0. The predicted octanol–water partition coefficient (Wildman–Crippen LogP) is 5.74. The Bertz CT molecular complexity index is 724. The SMILES string of the molecule is C=C/C(=C\C)C(=C)N=C(/C=C(/C)N)/C(=C/c1ccccc1C)CC. The van der Waals surface area contributed by atoms with Gasteiger partial charge in [-0.15, -0.1) is 0 Å². The highest BCUT2D eigenvalue weighted by Gasteiger charge is 2.07. The van der Waals surface area contributed by atoms with Crippen molar-refractivity contribution in [3.05, 3.63) is 89.3 Å². The number of allylic oxidation sites excluding steroid dienone is 5. The van der Waals surface area contributed by atoms with E-state index in [9.17, 15) is 0 Å². The molecule has 0 bridgehead atoms. The zero-order valence-corrected chi connectivity index (χ0v) is 15.3. The molecular weight excluding hydrogens is 292 g/mol. The third-order valence-corrected chi connectivity index (χ3v) is 3.71. The Morgan fingerprint density at radius 3 is 2.46 bits per heavy atom. The van der Waals surface area contributed by atoms with Crippen LogP contribution in [0.5, 0.6) is 0 Å². The van der Waals surface area contributed by atoms with Crippen molar-refractivity contribution in [1.29, 1.82) is 0 Å². The van der Waals surface area contributed by atoms with Crippen molar-refractivity contribution >= 4 is 11.8 Å². The van der Waals surface area contributed by atoms with Gasteiger partial charge in [-0.1, -0.05) is 56.5 Å². The molecule has 2 N–H and O–H groups in total. The molecule has 0 aliphatic carbocycles. The Balaban J connectivity index is 3.42. The van der Waals surface area contributed by atoms with Crippen LogP contribution in [0, 0.1) is 6.92 Å². The van der Waals surface area contributed by atoms with Gasteiger partial charge in [0.05, 0.1) is 11.4 Å². The number of benzene rings is 1. The lowest BCUT2D eigenvalue weighted by Crippen LogP contribution is -2.04. The molecule has 0 spiro atoms. The molecule has 24 heavy (non-hydrogen) atoms. The maximum absolute atomic E-state index is 5.91. The molecule has 0 aliphatic heterocycles. The number of nitrogens with zero attached hydrogens (tertiary/aromatic N) is 1. The van der Waals surface area contributed by atoms with Crippen LogP contribution in [0.15, 0.2) is 83.2 Å². The zero-order chi connectivity index (χ0) is 18.1. The van der Waals surface area contributed by atoms with E-state index in [0.29, 0.717) is 11.4 Å². The van der Waals surface area contributed by atoms with Crippen molar-refractivity contribution in [1.82, 2.24) is 0 Å². The van der Waals surface area contributed by atoms with E-state index in [2.05, 4.69) is 45.2 Å². The number of nitrogens with two attached hydrogens (primary N) is 1. The highest BCUT2D eigenvalue weighted by atomic mass is 14.8. The fourth-order valence-electron chi connectivity index (χ4n) is 2.32. The highest BCUT2D eigenvalue weighted by molar-refractivity contribution is 6.12. The van der Waals surface area contributed by atoms with Gasteiger partial charge < -0.3 is 5.73 Å².